The fourth-order valence-electron chi connectivity index (χ4n) is 4.24. The van der Waals surface area contributed by atoms with Crippen molar-refractivity contribution in [3.63, 3.8) is 0 Å². The summed E-state index contributed by atoms with van der Waals surface area (Å²) in [6, 6.07) is 0.132. The molecule has 1 spiro atoms. The van der Waals surface area contributed by atoms with Crippen molar-refractivity contribution >= 4 is 5.97 Å². The second kappa shape index (κ2) is 6.24. The van der Waals surface area contributed by atoms with E-state index in [1.165, 1.54) is 5.69 Å². The molecule has 0 aromatic carbocycles. The standard InChI is InChI=1S/C17H28N4O2/c1-13(2)21-12-18-9-14(21)10-20-6-4-17(5-7-20)8-15(16(22)23)19(3)11-17/h9,12-13,15H,4-8,10-11H2,1-3H3,(H,22,23). The summed E-state index contributed by atoms with van der Waals surface area (Å²) in [4.78, 5) is 20.1. The lowest BCUT2D eigenvalue weighted by molar-refractivity contribution is -0.141. The van der Waals surface area contributed by atoms with E-state index in [1.54, 1.807) is 0 Å². The molecule has 1 aromatic heterocycles. The summed E-state index contributed by atoms with van der Waals surface area (Å²) in [7, 11) is 1.95. The van der Waals surface area contributed by atoms with Gasteiger partial charge in [-0.3, -0.25) is 14.6 Å². The van der Waals surface area contributed by atoms with E-state index < -0.39 is 5.97 Å². The Kier molecular flexibility index (Phi) is 4.47. The zero-order valence-corrected chi connectivity index (χ0v) is 14.4. The maximum absolute atomic E-state index is 11.4. The van der Waals surface area contributed by atoms with E-state index in [4.69, 9.17) is 0 Å². The second-order valence-corrected chi connectivity index (χ2v) is 7.64. The van der Waals surface area contributed by atoms with Gasteiger partial charge in [0.15, 0.2) is 0 Å². The minimum atomic E-state index is -0.673. The molecule has 0 radical (unpaired) electrons. The smallest absolute Gasteiger partial charge is 0.320 e. The molecular weight excluding hydrogens is 292 g/mol. The highest BCUT2D eigenvalue weighted by Crippen LogP contribution is 2.43. The molecule has 1 aromatic rings. The van der Waals surface area contributed by atoms with Gasteiger partial charge in [-0.25, -0.2) is 4.98 Å². The van der Waals surface area contributed by atoms with E-state index >= 15 is 0 Å². The molecule has 1 unspecified atom stereocenters. The predicted octanol–water partition coefficient (Wildman–Crippen LogP) is 1.83. The zero-order chi connectivity index (χ0) is 16.6. The summed E-state index contributed by atoms with van der Waals surface area (Å²) < 4.78 is 2.23. The summed E-state index contributed by atoms with van der Waals surface area (Å²) in [5.41, 5.74) is 1.47. The van der Waals surface area contributed by atoms with E-state index in [9.17, 15) is 9.90 Å². The maximum Gasteiger partial charge on any atom is 0.320 e. The van der Waals surface area contributed by atoms with Crippen LogP contribution in [0.1, 0.15) is 44.8 Å². The van der Waals surface area contributed by atoms with Crippen LogP contribution in [-0.4, -0.2) is 63.2 Å². The molecular formula is C17H28N4O2. The molecule has 1 atom stereocenters. The van der Waals surface area contributed by atoms with E-state index in [-0.39, 0.29) is 11.5 Å². The number of likely N-dealkylation sites (tertiary alicyclic amines) is 2. The molecule has 2 saturated heterocycles. The highest BCUT2D eigenvalue weighted by atomic mass is 16.4. The molecule has 3 heterocycles. The van der Waals surface area contributed by atoms with Crippen molar-refractivity contribution in [2.75, 3.05) is 26.7 Å². The number of nitrogens with zero attached hydrogens (tertiary/aromatic N) is 4. The molecule has 2 fully saturated rings. The number of hydrogen-bond acceptors (Lipinski definition) is 4. The zero-order valence-electron chi connectivity index (χ0n) is 14.4. The van der Waals surface area contributed by atoms with Crippen LogP contribution in [0.3, 0.4) is 0 Å². The van der Waals surface area contributed by atoms with Gasteiger partial charge >= 0.3 is 5.97 Å². The normalized spacial score (nSPS) is 25.5. The van der Waals surface area contributed by atoms with Crippen molar-refractivity contribution in [3.05, 3.63) is 18.2 Å². The quantitative estimate of drug-likeness (QED) is 0.917. The molecule has 0 saturated carbocycles. The Hall–Kier alpha value is -1.40. The van der Waals surface area contributed by atoms with Gasteiger partial charge in [0, 0.05) is 25.3 Å². The molecule has 2 aliphatic heterocycles. The molecule has 2 aliphatic rings. The van der Waals surface area contributed by atoms with Gasteiger partial charge in [0.25, 0.3) is 0 Å². The lowest BCUT2D eigenvalue weighted by Crippen LogP contribution is -2.41. The summed E-state index contributed by atoms with van der Waals surface area (Å²) >= 11 is 0. The van der Waals surface area contributed by atoms with Crippen LogP contribution in [-0.2, 0) is 11.3 Å². The van der Waals surface area contributed by atoms with Crippen LogP contribution in [0.5, 0.6) is 0 Å². The lowest BCUT2D eigenvalue weighted by atomic mass is 9.76. The Morgan fingerprint density at radius 2 is 2.13 bits per heavy atom. The molecule has 0 aliphatic carbocycles. The number of imidazole rings is 1. The minimum absolute atomic E-state index is 0.201. The van der Waals surface area contributed by atoms with Crippen molar-refractivity contribution in [3.8, 4) is 0 Å². The average molecular weight is 320 g/mol. The van der Waals surface area contributed by atoms with Crippen molar-refractivity contribution in [1.82, 2.24) is 19.4 Å². The molecule has 0 amide bonds. The average Bonchev–Trinajstić information content (AvgIpc) is 3.07. The van der Waals surface area contributed by atoms with Gasteiger partial charge < -0.3 is 9.67 Å². The topological polar surface area (TPSA) is 61.6 Å². The molecule has 23 heavy (non-hydrogen) atoms. The summed E-state index contributed by atoms with van der Waals surface area (Å²) in [5.74, 6) is -0.673. The largest absolute Gasteiger partial charge is 0.480 e. The number of hydrogen-bond donors (Lipinski definition) is 1. The van der Waals surface area contributed by atoms with Gasteiger partial charge in [-0.1, -0.05) is 0 Å². The summed E-state index contributed by atoms with van der Waals surface area (Å²) in [6.45, 7) is 8.30. The predicted molar refractivity (Wildman–Crippen MR) is 88.2 cm³/mol. The van der Waals surface area contributed by atoms with Gasteiger partial charge in [-0.05, 0) is 58.7 Å². The fraction of sp³-hybridized carbons (Fsp3) is 0.765. The molecule has 6 nitrogen and oxygen atoms in total. The first-order valence-electron chi connectivity index (χ1n) is 8.56. The third kappa shape index (κ3) is 3.28. The van der Waals surface area contributed by atoms with Crippen LogP contribution in [0.2, 0.25) is 0 Å². The third-order valence-electron chi connectivity index (χ3n) is 5.63. The van der Waals surface area contributed by atoms with Crippen LogP contribution in [0.4, 0.5) is 0 Å². The van der Waals surface area contributed by atoms with Gasteiger partial charge in [0.1, 0.15) is 6.04 Å². The van der Waals surface area contributed by atoms with Crippen molar-refractivity contribution in [2.45, 2.75) is 51.7 Å². The van der Waals surface area contributed by atoms with E-state index in [0.717, 1.165) is 45.4 Å². The number of aromatic nitrogens is 2. The first-order chi connectivity index (χ1) is 10.9. The second-order valence-electron chi connectivity index (χ2n) is 7.64. The van der Waals surface area contributed by atoms with Crippen LogP contribution in [0.15, 0.2) is 12.5 Å². The first-order valence-corrected chi connectivity index (χ1v) is 8.56. The van der Waals surface area contributed by atoms with Gasteiger partial charge in [-0.2, -0.15) is 0 Å². The highest BCUT2D eigenvalue weighted by molar-refractivity contribution is 5.74. The van der Waals surface area contributed by atoms with Crippen molar-refractivity contribution in [1.29, 1.82) is 0 Å². The van der Waals surface area contributed by atoms with Crippen LogP contribution < -0.4 is 0 Å². The maximum atomic E-state index is 11.4. The lowest BCUT2D eigenvalue weighted by Gasteiger charge is -2.39. The summed E-state index contributed by atoms with van der Waals surface area (Å²) in [6.07, 6.45) is 6.87. The third-order valence-corrected chi connectivity index (χ3v) is 5.63. The molecule has 0 bridgehead atoms. The first kappa shape index (κ1) is 16.5. The Balaban J connectivity index is 1.59. The molecule has 1 N–H and O–H groups in total. The number of rotatable bonds is 4. The fourth-order valence-corrected chi connectivity index (χ4v) is 4.24. The van der Waals surface area contributed by atoms with Crippen LogP contribution in [0.25, 0.3) is 0 Å². The van der Waals surface area contributed by atoms with Crippen LogP contribution >= 0.6 is 0 Å². The SMILES string of the molecule is CC(C)n1cncc1CN1CCC2(CC1)CC(C(=O)O)N(C)C2. The van der Waals surface area contributed by atoms with Crippen molar-refractivity contribution < 1.29 is 9.90 Å². The van der Waals surface area contributed by atoms with E-state index in [1.807, 2.05) is 24.5 Å². The molecule has 3 rings (SSSR count). The Bertz CT molecular complexity index is 561. The molecule has 128 valence electrons. The summed E-state index contributed by atoms with van der Waals surface area (Å²) in [5, 5.41) is 9.34. The van der Waals surface area contributed by atoms with Gasteiger partial charge in [0.2, 0.25) is 0 Å². The van der Waals surface area contributed by atoms with E-state index in [2.05, 4.69) is 28.3 Å². The van der Waals surface area contributed by atoms with Crippen LogP contribution in [0, 0.1) is 5.41 Å². The monoisotopic (exact) mass is 320 g/mol. The van der Waals surface area contributed by atoms with Gasteiger partial charge in [0.05, 0.1) is 12.0 Å². The molecule has 6 heteroatoms. The Morgan fingerprint density at radius 3 is 2.70 bits per heavy atom. The van der Waals surface area contributed by atoms with E-state index in [0.29, 0.717) is 6.04 Å². The number of carbonyl (C=O) groups is 1. The van der Waals surface area contributed by atoms with Gasteiger partial charge in [-0.15, -0.1) is 0 Å². The Labute approximate surface area is 138 Å². The number of carboxylic acids is 1. The number of likely N-dealkylation sites (N-methyl/N-ethyl adjacent to an activating group) is 1. The Morgan fingerprint density at radius 1 is 1.43 bits per heavy atom. The highest BCUT2D eigenvalue weighted by Gasteiger charge is 2.46. The minimum Gasteiger partial charge on any atom is -0.480 e. The number of carboxylic acid groups (broad SMARTS) is 1. The van der Waals surface area contributed by atoms with Crippen molar-refractivity contribution in [2.24, 2.45) is 5.41 Å². The number of aliphatic carboxylic acids is 1. The number of piperidine rings is 1.